The molecule has 3 aliphatic rings. The van der Waals surface area contributed by atoms with E-state index in [-0.39, 0.29) is 11.3 Å². The van der Waals surface area contributed by atoms with Crippen LogP contribution in [-0.2, 0) is 10.2 Å². The average molecular weight is 193 g/mol. The Kier molecular flexibility index (Phi) is 1.36. The molecule has 3 fully saturated rings. The van der Waals surface area contributed by atoms with Gasteiger partial charge in [-0.3, -0.25) is 4.79 Å². The number of carboxylic acids is 1. The molecule has 3 aliphatic carbocycles. The van der Waals surface area contributed by atoms with Crippen LogP contribution in [0.15, 0.2) is 17.0 Å². The normalized spacial score (nSPS) is 39.4. The molecule has 2 bridgehead atoms. The third-order valence-corrected chi connectivity index (χ3v) is 3.84. The third-order valence-electron chi connectivity index (χ3n) is 3.84. The van der Waals surface area contributed by atoms with E-state index in [1.807, 2.05) is 0 Å². The average Bonchev–Trinajstić information content (AvgIpc) is 2.77. The molecule has 1 N–H and O–H groups in total. The highest BCUT2D eigenvalue weighted by Gasteiger charge is 2.64. The molecule has 1 aromatic rings. The summed E-state index contributed by atoms with van der Waals surface area (Å²) in [4.78, 5) is 15.0. The van der Waals surface area contributed by atoms with Gasteiger partial charge in [0, 0.05) is 5.41 Å². The topological polar surface area (TPSA) is 63.3 Å². The fourth-order valence-electron chi connectivity index (χ4n) is 3.25. The number of oxazole rings is 1. The predicted octanol–water partition coefficient (Wildman–Crippen LogP) is 1.43. The van der Waals surface area contributed by atoms with Crippen molar-refractivity contribution in [2.75, 3.05) is 0 Å². The van der Waals surface area contributed by atoms with Crippen molar-refractivity contribution < 1.29 is 14.3 Å². The maximum Gasteiger partial charge on any atom is 0.307 e. The molecule has 0 aromatic carbocycles. The predicted molar refractivity (Wildman–Crippen MR) is 46.6 cm³/mol. The van der Waals surface area contributed by atoms with E-state index in [1.165, 1.54) is 6.39 Å². The molecule has 1 aromatic heterocycles. The minimum atomic E-state index is -0.685. The Morgan fingerprint density at radius 1 is 1.71 bits per heavy atom. The number of rotatable bonds is 2. The molecule has 0 radical (unpaired) electrons. The Bertz CT molecular complexity index is 369. The first-order valence-corrected chi connectivity index (χ1v) is 4.86. The molecule has 74 valence electrons. The molecule has 3 unspecified atom stereocenters. The second kappa shape index (κ2) is 2.38. The number of carboxylic acid groups (broad SMARTS) is 1. The van der Waals surface area contributed by atoms with Gasteiger partial charge in [0.15, 0.2) is 6.39 Å². The highest BCUT2D eigenvalue weighted by atomic mass is 16.4. The van der Waals surface area contributed by atoms with E-state index in [4.69, 9.17) is 9.52 Å². The summed E-state index contributed by atoms with van der Waals surface area (Å²) in [5.74, 6) is 0.196. The Hall–Kier alpha value is -1.32. The number of aliphatic carboxylic acids is 1. The van der Waals surface area contributed by atoms with E-state index >= 15 is 0 Å². The minimum Gasteiger partial charge on any atom is -0.481 e. The fraction of sp³-hybridized carbons (Fsp3) is 0.600. The Morgan fingerprint density at radius 2 is 2.57 bits per heavy atom. The second-order valence-electron chi connectivity index (χ2n) is 4.34. The highest BCUT2D eigenvalue weighted by molar-refractivity contribution is 5.75. The molecule has 3 saturated carbocycles. The molecule has 4 rings (SSSR count). The van der Waals surface area contributed by atoms with Crippen LogP contribution in [0.5, 0.6) is 0 Å². The fourth-order valence-corrected chi connectivity index (χ4v) is 3.25. The van der Waals surface area contributed by atoms with Gasteiger partial charge < -0.3 is 9.52 Å². The van der Waals surface area contributed by atoms with Gasteiger partial charge >= 0.3 is 5.97 Å². The van der Waals surface area contributed by atoms with Crippen molar-refractivity contribution in [3.05, 3.63) is 18.4 Å². The lowest BCUT2D eigenvalue weighted by Crippen LogP contribution is -2.48. The SMILES string of the molecule is O=C(O)C1C2CCC1(c1cnco1)C2. The van der Waals surface area contributed by atoms with Crippen LogP contribution in [0.4, 0.5) is 0 Å². The summed E-state index contributed by atoms with van der Waals surface area (Å²) in [6.07, 6.45) is 5.95. The van der Waals surface area contributed by atoms with Crippen LogP contribution in [0.25, 0.3) is 0 Å². The van der Waals surface area contributed by atoms with Gasteiger partial charge in [0.25, 0.3) is 0 Å². The lowest BCUT2D eigenvalue weighted by Gasteiger charge is -2.42. The number of aromatic nitrogens is 1. The molecule has 0 amide bonds. The molecular weight excluding hydrogens is 182 g/mol. The standard InChI is InChI=1S/C10H11NO3/c12-9(13)8-6-1-2-10(8,3-6)7-4-11-5-14-7/h4-6,8H,1-3H2,(H,12,13). The number of nitrogens with zero attached hydrogens (tertiary/aromatic N) is 1. The molecular formula is C10H11NO3. The van der Waals surface area contributed by atoms with Crippen LogP contribution in [0.1, 0.15) is 25.0 Å². The van der Waals surface area contributed by atoms with Gasteiger partial charge in [0.05, 0.1) is 12.1 Å². The summed E-state index contributed by atoms with van der Waals surface area (Å²) in [6, 6.07) is 0. The quantitative estimate of drug-likeness (QED) is 0.771. The lowest BCUT2D eigenvalue weighted by molar-refractivity contribution is -0.151. The number of fused-ring (bicyclic) bond motifs is 1. The van der Waals surface area contributed by atoms with E-state index in [0.717, 1.165) is 25.0 Å². The summed E-state index contributed by atoms with van der Waals surface area (Å²) in [7, 11) is 0. The summed E-state index contributed by atoms with van der Waals surface area (Å²) in [5.41, 5.74) is -0.229. The van der Waals surface area contributed by atoms with Gasteiger partial charge in [0.2, 0.25) is 0 Å². The van der Waals surface area contributed by atoms with Crippen molar-refractivity contribution in [3.8, 4) is 0 Å². The Balaban J connectivity index is 2.01. The molecule has 1 heterocycles. The van der Waals surface area contributed by atoms with Crippen molar-refractivity contribution in [1.82, 2.24) is 4.98 Å². The monoisotopic (exact) mass is 193 g/mol. The van der Waals surface area contributed by atoms with Gasteiger partial charge in [0.1, 0.15) is 5.76 Å². The number of carbonyl (C=O) groups is 1. The molecule has 0 spiro atoms. The van der Waals surface area contributed by atoms with Crippen molar-refractivity contribution in [1.29, 1.82) is 0 Å². The van der Waals surface area contributed by atoms with Crippen molar-refractivity contribution in [2.45, 2.75) is 24.7 Å². The Labute approximate surface area is 80.9 Å². The first kappa shape index (κ1) is 8.03. The van der Waals surface area contributed by atoms with Gasteiger partial charge in [-0.15, -0.1) is 0 Å². The molecule has 4 nitrogen and oxygen atoms in total. The van der Waals surface area contributed by atoms with Crippen LogP contribution in [0.2, 0.25) is 0 Å². The highest BCUT2D eigenvalue weighted by Crippen LogP contribution is 2.63. The van der Waals surface area contributed by atoms with E-state index < -0.39 is 5.97 Å². The van der Waals surface area contributed by atoms with Crippen LogP contribution in [-0.4, -0.2) is 16.1 Å². The van der Waals surface area contributed by atoms with Crippen molar-refractivity contribution in [2.24, 2.45) is 11.8 Å². The van der Waals surface area contributed by atoms with Gasteiger partial charge in [-0.25, -0.2) is 4.98 Å². The molecule has 0 saturated heterocycles. The molecule has 4 heteroatoms. The first-order chi connectivity index (χ1) is 6.74. The zero-order valence-corrected chi connectivity index (χ0v) is 7.64. The van der Waals surface area contributed by atoms with Gasteiger partial charge in [-0.1, -0.05) is 0 Å². The molecule has 0 aliphatic heterocycles. The van der Waals surface area contributed by atoms with E-state index in [0.29, 0.717) is 5.92 Å². The largest absolute Gasteiger partial charge is 0.481 e. The van der Waals surface area contributed by atoms with E-state index in [9.17, 15) is 4.79 Å². The summed E-state index contributed by atoms with van der Waals surface area (Å²) < 4.78 is 5.26. The summed E-state index contributed by atoms with van der Waals surface area (Å²) >= 11 is 0. The molecule has 14 heavy (non-hydrogen) atoms. The van der Waals surface area contributed by atoms with Crippen molar-refractivity contribution in [3.63, 3.8) is 0 Å². The van der Waals surface area contributed by atoms with E-state index in [1.54, 1.807) is 6.20 Å². The van der Waals surface area contributed by atoms with Crippen LogP contribution in [0, 0.1) is 11.8 Å². The smallest absolute Gasteiger partial charge is 0.307 e. The summed E-state index contributed by atoms with van der Waals surface area (Å²) in [5, 5.41) is 9.12. The third kappa shape index (κ3) is 0.744. The lowest BCUT2D eigenvalue weighted by atomic mass is 9.59. The Morgan fingerprint density at radius 3 is 3.14 bits per heavy atom. The number of hydrogen-bond donors (Lipinski definition) is 1. The van der Waals surface area contributed by atoms with Crippen LogP contribution >= 0.6 is 0 Å². The van der Waals surface area contributed by atoms with Gasteiger partial charge in [-0.2, -0.15) is 0 Å². The maximum atomic E-state index is 11.1. The van der Waals surface area contributed by atoms with Gasteiger partial charge in [-0.05, 0) is 25.2 Å². The van der Waals surface area contributed by atoms with E-state index in [2.05, 4.69) is 4.98 Å². The zero-order valence-electron chi connectivity index (χ0n) is 7.64. The van der Waals surface area contributed by atoms with Crippen LogP contribution < -0.4 is 0 Å². The minimum absolute atomic E-state index is 0.229. The van der Waals surface area contributed by atoms with Crippen molar-refractivity contribution >= 4 is 5.97 Å². The van der Waals surface area contributed by atoms with Crippen LogP contribution in [0.3, 0.4) is 0 Å². The summed E-state index contributed by atoms with van der Waals surface area (Å²) in [6.45, 7) is 0. The second-order valence-corrected chi connectivity index (χ2v) is 4.34. The number of hydrogen-bond acceptors (Lipinski definition) is 3. The first-order valence-electron chi connectivity index (χ1n) is 4.86. The maximum absolute atomic E-state index is 11.1. The zero-order chi connectivity index (χ0) is 9.76. The molecule has 3 atom stereocenters.